The van der Waals surface area contributed by atoms with Crippen molar-refractivity contribution >= 4 is 21.9 Å². The lowest BCUT2D eigenvalue weighted by atomic mass is 10.3. The molecule has 1 aromatic heterocycles. The normalized spacial score (nSPS) is 9.94. The molecule has 0 radical (unpaired) electrons. The van der Waals surface area contributed by atoms with Crippen molar-refractivity contribution in [2.45, 2.75) is 0 Å². The highest BCUT2D eigenvalue weighted by Gasteiger charge is 2.05. The number of pyridine rings is 1. The van der Waals surface area contributed by atoms with Crippen molar-refractivity contribution in [1.82, 2.24) is 4.98 Å². The van der Waals surface area contributed by atoms with Gasteiger partial charge in [-0.15, -0.1) is 0 Å². The Hall–Kier alpha value is -1.88. The molecular weight excluding hydrogens is 286 g/mol. The quantitative estimate of drug-likeness (QED) is 0.943. The molecular formula is C12H8BrNO3. The molecule has 4 nitrogen and oxygen atoms in total. The lowest BCUT2D eigenvalue weighted by Gasteiger charge is -2.06. The third-order valence-electron chi connectivity index (χ3n) is 2.02. The average molecular weight is 294 g/mol. The summed E-state index contributed by atoms with van der Waals surface area (Å²) in [6.07, 6.45) is 1.38. The van der Waals surface area contributed by atoms with E-state index in [1.165, 1.54) is 12.3 Å². The summed E-state index contributed by atoms with van der Waals surface area (Å²) < 4.78 is 6.36. The summed E-state index contributed by atoms with van der Waals surface area (Å²) in [4.78, 5) is 14.4. The molecule has 0 spiro atoms. The fraction of sp³-hybridized carbons (Fsp3) is 0. The molecule has 1 aromatic carbocycles. The van der Waals surface area contributed by atoms with Crippen LogP contribution < -0.4 is 4.74 Å². The number of para-hydroxylation sites is 1. The van der Waals surface area contributed by atoms with E-state index in [1.54, 1.807) is 12.1 Å². The van der Waals surface area contributed by atoms with Crippen molar-refractivity contribution in [3.63, 3.8) is 0 Å². The zero-order valence-electron chi connectivity index (χ0n) is 8.63. The molecule has 2 aromatic rings. The highest BCUT2D eigenvalue weighted by Crippen LogP contribution is 2.28. The Morgan fingerprint density at radius 2 is 2.00 bits per heavy atom. The summed E-state index contributed by atoms with van der Waals surface area (Å²) >= 11 is 3.35. The number of hydrogen-bond acceptors (Lipinski definition) is 3. The van der Waals surface area contributed by atoms with E-state index in [0.29, 0.717) is 11.5 Å². The summed E-state index contributed by atoms with van der Waals surface area (Å²) in [7, 11) is 0. The Morgan fingerprint density at radius 3 is 2.59 bits per heavy atom. The van der Waals surface area contributed by atoms with Crippen molar-refractivity contribution in [2.75, 3.05) is 0 Å². The molecule has 0 saturated carbocycles. The van der Waals surface area contributed by atoms with Gasteiger partial charge in [-0.3, -0.25) is 0 Å². The molecule has 86 valence electrons. The van der Waals surface area contributed by atoms with Crippen LogP contribution in [0.15, 0.2) is 47.1 Å². The first-order valence-corrected chi connectivity index (χ1v) is 5.58. The standard InChI is InChI=1S/C12H8BrNO3/c13-9-3-1-2-4-11(9)17-8-5-6-10(12(15)16)14-7-8/h1-7H,(H,15,16). The largest absolute Gasteiger partial charge is 0.477 e. The lowest BCUT2D eigenvalue weighted by molar-refractivity contribution is 0.0690. The first kappa shape index (κ1) is 11.6. The van der Waals surface area contributed by atoms with Gasteiger partial charge >= 0.3 is 5.97 Å². The van der Waals surface area contributed by atoms with Gasteiger partial charge in [-0.2, -0.15) is 0 Å². The van der Waals surface area contributed by atoms with E-state index in [-0.39, 0.29) is 5.69 Å². The van der Waals surface area contributed by atoms with E-state index >= 15 is 0 Å². The van der Waals surface area contributed by atoms with Gasteiger partial charge < -0.3 is 9.84 Å². The number of carboxylic acids is 1. The Morgan fingerprint density at radius 1 is 1.24 bits per heavy atom. The zero-order valence-corrected chi connectivity index (χ0v) is 10.2. The topological polar surface area (TPSA) is 59.4 Å². The van der Waals surface area contributed by atoms with Crippen LogP contribution in [0.5, 0.6) is 11.5 Å². The predicted octanol–water partition coefficient (Wildman–Crippen LogP) is 3.33. The van der Waals surface area contributed by atoms with Crippen LogP contribution in [-0.2, 0) is 0 Å². The van der Waals surface area contributed by atoms with Crippen LogP contribution in [-0.4, -0.2) is 16.1 Å². The third kappa shape index (κ3) is 2.82. The van der Waals surface area contributed by atoms with Gasteiger partial charge in [0.25, 0.3) is 0 Å². The molecule has 17 heavy (non-hydrogen) atoms. The van der Waals surface area contributed by atoms with Crippen LogP contribution >= 0.6 is 15.9 Å². The number of carboxylic acid groups (broad SMARTS) is 1. The van der Waals surface area contributed by atoms with Crippen molar-refractivity contribution < 1.29 is 14.6 Å². The second kappa shape index (κ2) is 4.97. The fourth-order valence-electron chi connectivity index (χ4n) is 1.22. The van der Waals surface area contributed by atoms with Crippen molar-refractivity contribution in [1.29, 1.82) is 0 Å². The highest BCUT2D eigenvalue weighted by atomic mass is 79.9. The molecule has 0 atom stereocenters. The molecule has 0 bridgehead atoms. The molecule has 0 aliphatic rings. The summed E-state index contributed by atoms with van der Waals surface area (Å²) in [5.41, 5.74) is -0.00974. The lowest BCUT2D eigenvalue weighted by Crippen LogP contribution is -1.99. The molecule has 0 saturated heterocycles. The molecule has 1 N–H and O–H groups in total. The van der Waals surface area contributed by atoms with E-state index in [1.807, 2.05) is 18.2 Å². The summed E-state index contributed by atoms with van der Waals surface area (Å²) in [5, 5.41) is 8.70. The van der Waals surface area contributed by atoms with E-state index in [4.69, 9.17) is 9.84 Å². The van der Waals surface area contributed by atoms with Gasteiger partial charge in [-0.1, -0.05) is 12.1 Å². The minimum Gasteiger partial charge on any atom is -0.477 e. The molecule has 0 unspecified atom stereocenters. The minimum absolute atomic E-state index is 0.00974. The van der Waals surface area contributed by atoms with Gasteiger partial charge in [0, 0.05) is 0 Å². The molecule has 0 aliphatic carbocycles. The Bertz CT molecular complexity index is 540. The first-order chi connectivity index (χ1) is 8.16. The van der Waals surface area contributed by atoms with E-state index < -0.39 is 5.97 Å². The summed E-state index contributed by atoms with van der Waals surface area (Å²) in [5.74, 6) is 0.0803. The number of benzene rings is 1. The Kier molecular flexibility index (Phi) is 3.39. The molecule has 0 aliphatic heterocycles. The third-order valence-corrected chi connectivity index (χ3v) is 2.68. The smallest absolute Gasteiger partial charge is 0.354 e. The Balaban J connectivity index is 2.20. The van der Waals surface area contributed by atoms with E-state index in [9.17, 15) is 4.79 Å². The number of rotatable bonds is 3. The number of hydrogen-bond donors (Lipinski definition) is 1. The molecule has 1 heterocycles. The first-order valence-electron chi connectivity index (χ1n) is 4.78. The maximum absolute atomic E-state index is 10.6. The molecule has 0 fully saturated rings. The number of aromatic nitrogens is 1. The number of carbonyl (C=O) groups is 1. The van der Waals surface area contributed by atoms with E-state index in [0.717, 1.165) is 4.47 Å². The van der Waals surface area contributed by atoms with Crippen LogP contribution in [0.3, 0.4) is 0 Å². The van der Waals surface area contributed by atoms with Crippen molar-refractivity contribution in [3.05, 3.63) is 52.8 Å². The van der Waals surface area contributed by atoms with Crippen LogP contribution in [0.1, 0.15) is 10.5 Å². The zero-order chi connectivity index (χ0) is 12.3. The van der Waals surface area contributed by atoms with Crippen molar-refractivity contribution in [3.8, 4) is 11.5 Å². The Labute approximate surface area is 106 Å². The summed E-state index contributed by atoms with van der Waals surface area (Å²) in [6, 6.07) is 10.3. The maximum atomic E-state index is 10.6. The SMILES string of the molecule is O=C(O)c1ccc(Oc2ccccc2Br)cn1. The number of ether oxygens (including phenoxy) is 1. The minimum atomic E-state index is -1.06. The maximum Gasteiger partial charge on any atom is 0.354 e. The van der Waals surface area contributed by atoms with Crippen LogP contribution in [0.2, 0.25) is 0 Å². The second-order valence-electron chi connectivity index (χ2n) is 3.22. The predicted molar refractivity (Wildman–Crippen MR) is 65.4 cm³/mol. The summed E-state index contributed by atoms with van der Waals surface area (Å²) in [6.45, 7) is 0. The second-order valence-corrected chi connectivity index (χ2v) is 4.07. The van der Waals surface area contributed by atoms with Gasteiger partial charge in [-0.05, 0) is 40.2 Å². The van der Waals surface area contributed by atoms with Gasteiger partial charge in [-0.25, -0.2) is 9.78 Å². The fourth-order valence-corrected chi connectivity index (χ4v) is 1.59. The van der Waals surface area contributed by atoms with Gasteiger partial charge in [0.15, 0.2) is 0 Å². The molecule has 0 amide bonds. The van der Waals surface area contributed by atoms with Crippen LogP contribution in [0.25, 0.3) is 0 Å². The van der Waals surface area contributed by atoms with Crippen LogP contribution in [0, 0.1) is 0 Å². The monoisotopic (exact) mass is 293 g/mol. The number of halogens is 1. The van der Waals surface area contributed by atoms with Gasteiger partial charge in [0.1, 0.15) is 17.2 Å². The molecule has 5 heteroatoms. The van der Waals surface area contributed by atoms with Gasteiger partial charge in [0.05, 0.1) is 10.7 Å². The highest BCUT2D eigenvalue weighted by molar-refractivity contribution is 9.10. The van der Waals surface area contributed by atoms with Crippen LogP contribution in [0.4, 0.5) is 0 Å². The number of aromatic carboxylic acids is 1. The van der Waals surface area contributed by atoms with E-state index in [2.05, 4.69) is 20.9 Å². The molecule has 2 rings (SSSR count). The van der Waals surface area contributed by atoms with Crippen molar-refractivity contribution in [2.24, 2.45) is 0 Å². The average Bonchev–Trinajstić information content (AvgIpc) is 2.33. The number of nitrogens with zero attached hydrogens (tertiary/aromatic N) is 1. The van der Waals surface area contributed by atoms with Gasteiger partial charge in [0.2, 0.25) is 0 Å².